The predicted octanol–water partition coefficient (Wildman–Crippen LogP) is 3.13. The van der Waals surface area contributed by atoms with Crippen molar-refractivity contribution < 1.29 is 18.7 Å². The second-order valence-electron chi connectivity index (χ2n) is 5.74. The lowest BCUT2D eigenvalue weighted by Crippen LogP contribution is -2.25. The van der Waals surface area contributed by atoms with E-state index >= 15 is 0 Å². The fourth-order valence-electron chi connectivity index (χ4n) is 2.91. The fraction of sp³-hybridized carbons (Fsp3) is 0.316. The molecule has 1 heterocycles. The van der Waals surface area contributed by atoms with Crippen LogP contribution in [0.2, 0.25) is 0 Å². The SMILES string of the molecule is CCOc1ccc(C(=O)Nc2ccc3c(c2F)CCNC3)cc1OC. The molecule has 1 aliphatic heterocycles. The highest BCUT2D eigenvalue weighted by Crippen LogP contribution is 2.29. The molecule has 0 atom stereocenters. The molecule has 0 spiro atoms. The van der Waals surface area contributed by atoms with E-state index in [9.17, 15) is 9.18 Å². The third-order valence-electron chi connectivity index (χ3n) is 4.18. The highest BCUT2D eigenvalue weighted by atomic mass is 19.1. The van der Waals surface area contributed by atoms with E-state index in [1.165, 1.54) is 7.11 Å². The Bertz CT molecular complexity index is 792. The van der Waals surface area contributed by atoms with Crippen molar-refractivity contribution in [3.05, 3.63) is 52.8 Å². The van der Waals surface area contributed by atoms with Gasteiger partial charge in [-0.05, 0) is 55.3 Å². The van der Waals surface area contributed by atoms with Crippen molar-refractivity contribution in [3.63, 3.8) is 0 Å². The number of nitrogens with one attached hydrogen (secondary N) is 2. The van der Waals surface area contributed by atoms with Crippen LogP contribution in [0.4, 0.5) is 10.1 Å². The lowest BCUT2D eigenvalue weighted by atomic mass is 9.99. The Morgan fingerprint density at radius 3 is 2.88 bits per heavy atom. The van der Waals surface area contributed by atoms with E-state index in [1.807, 2.05) is 13.0 Å². The zero-order chi connectivity index (χ0) is 17.8. The van der Waals surface area contributed by atoms with E-state index in [1.54, 1.807) is 24.3 Å². The topological polar surface area (TPSA) is 59.6 Å². The van der Waals surface area contributed by atoms with E-state index < -0.39 is 5.91 Å². The molecule has 0 aromatic heterocycles. The number of anilines is 1. The lowest BCUT2D eigenvalue weighted by Gasteiger charge is -2.19. The monoisotopic (exact) mass is 344 g/mol. The number of carbonyl (C=O) groups is 1. The smallest absolute Gasteiger partial charge is 0.255 e. The second-order valence-corrected chi connectivity index (χ2v) is 5.74. The molecule has 132 valence electrons. The van der Waals surface area contributed by atoms with Gasteiger partial charge in [-0.15, -0.1) is 0 Å². The minimum Gasteiger partial charge on any atom is -0.493 e. The van der Waals surface area contributed by atoms with Crippen molar-refractivity contribution in [1.82, 2.24) is 5.32 Å². The summed E-state index contributed by atoms with van der Waals surface area (Å²) in [6, 6.07) is 8.33. The number of hydrogen-bond donors (Lipinski definition) is 2. The number of fused-ring (bicyclic) bond motifs is 1. The Balaban J connectivity index is 1.83. The van der Waals surface area contributed by atoms with E-state index in [0.29, 0.717) is 42.2 Å². The Labute approximate surface area is 146 Å². The molecular formula is C19H21FN2O3. The van der Waals surface area contributed by atoms with Crippen molar-refractivity contribution in [1.29, 1.82) is 0 Å². The van der Waals surface area contributed by atoms with Gasteiger partial charge in [-0.2, -0.15) is 0 Å². The molecule has 0 saturated heterocycles. The van der Waals surface area contributed by atoms with Crippen LogP contribution in [0.3, 0.4) is 0 Å². The molecule has 5 nitrogen and oxygen atoms in total. The minimum absolute atomic E-state index is 0.193. The molecule has 2 aromatic carbocycles. The summed E-state index contributed by atoms with van der Waals surface area (Å²) >= 11 is 0. The average molecular weight is 344 g/mol. The Kier molecular flexibility index (Phi) is 5.19. The van der Waals surface area contributed by atoms with Gasteiger partial charge in [0, 0.05) is 12.1 Å². The second kappa shape index (κ2) is 7.53. The predicted molar refractivity (Wildman–Crippen MR) is 93.9 cm³/mol. The summed E-state index contributed by atoms with van der Waals surface area (Å²) in [7, 11) is 1.51. The van der Waals surface area contributed by atoms with Crippen LogP contribution in [0, 0.1) is 5.82 Å². The number of amides is 1. The van der Waals surface area contributed by atoms with Crippen LogP contribution in [0.25, 0.3) is 0 Å². The molecule has 0 unspecified atom stereocenters. The van der Waals surface area contributed by atoms with Crippen molar-refractivity contribution in [2.24, 2.45) is 0 Å². The molecule has 25 heavy (non-hydrogen) atoms. The lowest BCUT2D eigenvalue weighted by molar-refractivity contribution is 0.102. The fourth-order valence-corrected chi connectivity index (χ4v) is 2.91. The van der Waals surface area contributed by atoms with Crippen LogP contribution in [-0.2, 0) is 13.0 Å². The number of benzene rings is 2. The summed E-state index contributed by atoms with van der Waals surface area (Å²) in [6.45, 7) is 3.75. The quantitative estimate of drug-likeness (QED) is 0.875. The van der Waals surface area contributed by atoms with Crippen molar-refractivity contribution in [2.75, 3.05) is 25.6 Å². The van der Waals surface area contributed by atoms with E-state index in [4.69, 9.17) is 9.47 Å². The average Bonchev–Trinajstić information content (AvgIpc) is 2.64. The van der Waals surface area contributed by atoms with Crippen molar-refractivity contribution in [3.8, 4) is 11.5 Å². The number of methoxy groups -OCH3 is 1. The van der Waals surface area contributed by atoms with E-state index in [2.05, 4.69) is 10.6 Å². The van der Waals surface area contributed by atoms with Gasteiger partial charge in [0.2, 0.25) is 0 Å². The summed E-state index contributed by atoms with van der Waals surface area (Å²) in [5.41, 5.74) is 2.17. The van der Waals surface area contributed by atoms with Gasteiger partial charge in [-0.25, -0.2) is 4.39 Å². The first-order valence-electron chi connectivity index (χ1n) is 8.27. The van der Waals surface area contributed by atoms with Gasteiger partial charge >= 0.3 is 0 Å². The Morgan fingerprint density at radius 1 is 1.28 bits per heavy atom. The maximum absolute atomic E-state index is 14.7. The van der Waals surface area contributed by atoms with Crippen LogP contribution in [-0.4, -0.2) is 26.2 Å². The maximum Gasteiger partial charge on any atom is 0.255 e. The van der Waals surface area contributed by atoms with Gasteiger partial charge < -0.3 is 20.1 Å². The first kappa shape index (κ1) is 17.2. The normalized spacial score (nSPS) is 13.1. The summed E-state index contributed by atoms with van der Waals surface area (Å²) in [6.07, 6.45) is 0.613. The molecule has 0 saturated carbocycles. The number of carbonyl (C=O) groups excluding carboxylic acids is 1. The minimum atomic E-state index is -0.394. The first-order valence-corrected chi connectivity index (χ1v) is 8.27. The molecule has 0 aliphatic carbocycles. The molecule has 6 heteroatoms. The molecule has 1 aliphatic rings. The Morgan fingerprint density at radius 2 is 2.12 bits per heavy atom. The van der Waals surface area contributed by atoms with Gasteiger partial charge in [0.1, 0.15) is 5.82 Å². The molecule has 1 amide bonds. The highest BCUT2D eigenvalue weighted by Gasteiger charge is 2.18. The zero-order valence-corrected chi connectivity index (χ0v) is 14.3. The molecule has 0 radical (unpaired) electrons. The van der Waals surface area contributed by atoms with Crippen molar-refractivity contribution in [2.45, 2.75) is 19.9 Å². The molecule has 0 fully saturated rings. The standard InChI is InChI=1S/C19H21FN2O3/c1-3-25-16-7-5-12(10-17(16)24-2)19(23)22-15-6-4-13-11-21-9-8-14(13)18(15)20/h4-7,10,21H,3,8-9,11H2,1-2H3,(H,22,23). The van der Waals surface area contributed by atoms with Crippen LogP contribution in [0.5, 0.6) is 11.5 Å². The molecule has 0 bridgehead atoms. The van der Waals surface area contributed by atoms with Crippen LogP contribution < -0.4 is 20.1 Å². The number of rotatable bonds is 5. The van der Waals surface area contributed by atoms with Gasteiger partial charge in [-0.1, -0.05) is 6.07 Å². The van der Waals surface area contributed by atoms with Crippen LogP contribution >= 0.6 is 0 Å². The largest absolute Gasteiger partial charge is 0.493 e. The summed E-state index contributed by atoms with van der Waals surface area (Å²) < 4.78 is 25.3. The van der Waals surface area contributed by atoms with Crippen LogP contribution in [0.15, 0.2) is 30.3 Å². The number of halogens is 1. The number of hydrogen-bond acceptors (Lipinski definition) is 4. The molecule has 2 N–H and O–H groups in total. The van der Waals surface area contributed by atoms with Crippen LogP contribution in [0.1, 0.15) is 28.4 Å². The summed E-state index contributed by atoms with van der Waals surface area (Å²) in [4.78, 5) is 12.5. The third-order valence-corrected chi connectivity index (χ3v) is 4.18. The van der Waals surface area contributed by atoms with Crippen molar-refractivity contribution >= 4 is 11.6 Å². The van der Waals surface area contributed by atoms with E-state index in [0.717, 1.165) is 12.1 Å². The van der Waals surface area contributed by atoms with E-state index in [-0.39, 0.29) is 11.5 Å². The zero-order valence-electron chi connectivity index (χ0n) is 14.3. The first-order chi connectivity index (χ1) is 12.1. The summed E-state index contributed by atoms with van der Waals surface area (Å²) in [5.74, 6) is 0.278. The summed E-state index contributed by atoms with van der Waals surface area (Å²) in [5, 5.41) is 5.85. The highest BCUT2D eigenvalue weighted by molar-refractivity contribution is 6.04. The van der Waals surface area contributed by atoms with Gasteiger partial charge in [0.25, 0.3) is 5.91 Å². The molecular weight excluding hydrogens is 323 g/mol. The molecule has 2 aromatic rings. The Hall–Kier alpha value is -2.60. The number of ether oxygens (including phenoxy) is 2. The maximum atomic E-state index is 14.7. The molecule has 3 rings (SSSR count). The van der Waals surface area contributed by atoms with Gasteiger partial charge in [0.15, 0.2) is 11.5 Å². The third kappa shape index (κ3) is 3.58. The van der Waals surface area contributed by atoms with Gasteiger partial charge in [0.05, 0.1) is 19.4 Å². The van der Waals surface area contributed by atoms with Gasteiger partial charge in [-0.3, -0.25) is 4.79 Å².